The minimum atomic E-state index is -0.0870. The minimum Gasteiger partial charge on any atom is -0.338 e. The molecule has 0 bridgehead atoms. The Morgan fingerprint density at radius 1 is 1.24 bits per heavy atom. The zero-order chi connectivity index (χ0) is 15.3. The van der Waals surface area contributed by atoms with Gasteiger partial charge in [0, 0.05) is 19.1 Å². The van der Waals surface area contributed by atoms with Gasteiger partial charge in [0.15, 0.2) is 0 Å². The molecule has 2 heterocycles. The van der Waals surface area contributed by atoms with E-state index in [2.05, 4.69) is 36.0 Å². The summed E-state index contributed by atoms with van der Waals surface area (Å²) in [5.41, 5.74) is -0.0870. The lowest BCUT2D eigenvalue weighted by Crippen LogP contribution is -2.53. The van der Waals surface area contributed by atoms with Crippen LogP contribution < -0.4 is 5.32 Å². The second kappa shape index (κ2) is 7.59. The van der Waals surface area contributed by atoms with Crippen molar-refractivity contribution in [3.05, 3.63) is 0 Å². The van der Waals surface area contributed by atoms with Gasteiger partial charge in [-0.25, -0.2) is 0 Å². The molecule has 2 fully saturated rings. The maximum Gasteiger partial charge on any atom is 0.229 e. The van der Waals surface area contributed by atoms with Crippen LogP contribution in [0.5, 0.6) is 0 Å². The van der Waals surface area contributed by atoms with Crippen LogP contribution in [0.4, 0.5) is 0 Å². The van der Waals surface area contributed by atoms with Crippen molar-refractivity contribution in [1.29, 1.82) is 0 Å². The molecule has 2 saturated heterocycles. The molecular formula is C17H33N3O. The Morgan fingerprint density at radius 3 is 2.57 bits per heavy atom. The van der Waals surface area contributed by atoms with Crippen molar-refractivity contribution in [2.24, 2.45) is 5.41 Å². The highest BCUT2D eigenvalue weighted by molar-refractivity contribution is 5.83. The second-order valence-electron chi connectivity index (χ2n) is 6.96. The van der Waals surface area contributed by atoms with Gasteiger partial charge < -0.3 is 15.1 Å². The normalized spacial score (nSPS) is 27.4. The zero-order valence-corrected chi connectivity index (χ0v) is 14.2. The van der Waals surface area contributed by atoms with Crippen molar-refractivity contribution in [1.82, 2.24) is 15.1 Å². The van der Waals surface area contributed by atoms with Crippen molar-refractivity contribution in [2.75, 3.05) is 39.8 Å². The van der Waals surface area contributed by atoms with Gasteiger partial charge in [0.2, 0.25) is 5.91 Å². The Balaban J connectivity index is 2.17. The first-order valence-corrected chi connectivity index (χ1v) is 8.83. The van der Waals surface area contributed by atoms with Crippen LogP contribution in [0, 0.1) is 5.41 Å². The van der Waals surface area contributed by atoms with Crippen LogP contribution in [0.25, 0.3) is 0 Å². The molecule has 1 N–H and O–H groups in total. The van der Waals surface area contributed by atoms with Crippen molar-refractivity contribution in [3.63, 3.8) is 0 Å². The maximum atomic E-state index is 13.4. The van der Waals surface area contributed by atoms with Gasteiger partial charge in [-0.1, -0.05) is 20.3 Å². The molecular weight excluding hydrogens is 262 g/mol. The monoisotopic (exact) mass is 295 g/mol. The van der Waals surface area contributed by atoms with E-state index in [0.29, 0.717) is 11.9 Å². The molecule has 0 aliphatic carbocycles. The molecule has 0 aromatic rings. The lowest BCUT2D eigenvalue weighted by Gasteiger charge is -2.42. The highest BCUT2D eigenvalue weighted by Gasteiger charge is 2.43. The predicted octanol–water partition coefficient (Wildman–Crippen LogP) is 2.10. The Hall–Kier alpha value is -0.610. The average Bonchev–Trinajstić information content (AvgIpc) is 2.69. The van der Waals surface area contributed by atoms with Gasteiger partial charge in [-0.05, 0) is 58.8 Å². The lowest BCUT2D eigenvalue weighted by atomic mass is 9.74. The second-order valence-corrected chi connectivity index (χ2v) is 6.96. The highest BCUT2D eigenvalue weighted by atomic mass is 16.2. The fourth-order valence-corrected chi connectivity index (χ4v) is 4.12. The molecule has 122 valence electrons. The number of nitrogens with one attached hydrogen (secondary N) is 1. The van der Waals surface area contributed by atoms with Gasteiger partial charge in [0.05, 0.1) is 5.41 Å². The topological polar surface area (TPSA) is 35.6 Å². The first-order chi connectivity index (χ1) is 10.1. The van der Waals surface area contributed by atoms with E-state index in [1.165, 1.54) is 0 Å². The van der Waals surface area contributed by atoms with E-state index in [9.17, 15) is 4.79 Å². The summed E-state index contributed by atoms with van der Waals surface area (Å²) in [6.45, 7) is 9.52. The molecule has 1 unspecified atom stereocenters. The van der Waals surface area contributed by atoms with Gasteiger partial charge in [-0.15, -0.1) is 0 Å². The molecule has 2 aliphatic heterocycles. The molecule has 0 saturated carbocycles. The van der Waals surface area contributed by atoms with Crippen LogP contribution in [0.15, 0.2) is 0 Å². The van der Waals surface area contributed by atoms with Crippen molar-refractivity contribution < 1.29 is 4.79 Å². The smallest absolute Gasteiger partial charge is 0.229 e. The average molecular weight is 295 g/mol. The fourth-order valence-electron chi connectivity index (χ4n) is 4.12. The number of hydrogen-bond acceptors (Lipinski definition) is 3. The summed E-state index contributed by atoms with van der Waals surface area (Å²) >= 11 is 0. The Labute approximate surface area is 130 Å². The quantitative estimate of drug-likeness (QED) is 0.863. The van der Waals surface area contributed by atoms with Crippen LogP contribution in [-0.4, -0.2) is 61.5 Å². The van der Waals surface area contributed by atoms with Crippen molar-refractivity contribution in [2.45, 2.75) is 58.4 Å². The predicted molar refractivity (Wildman–Crippen MR) is 87.4 cm³/mol. The van der Waals surface area contributed by atoms with E-state index in [1.807, 2.05) is 0 Å². The molecule has 1 amide bonds. The standard InChI is InChI=1S/C17H33N3O/c1-4-7-17(8-10-18-11-9-17)16(21)20-13-6-12-19(3)14-15(20)5-2/h15,18H,4-14H2,1-3H3. The summed E-state index contributed by atoms with van der Waals surface area (Å²) in [5, 5.41) is 3.42. The number of likely N-dealkylation sites (N-methyl/N-ethyl adjacent to an activating group) is 1. The number of hydrogen-bond donors (Lipinski definition) is 1. The molecule has 2 aliphatic rings. The Morgan fingerprint density at radius 2 is 1.95 bits per heavy atom. The van der Waals surface area contributed by atoms with E-state index < -0.39 is 0 Å². The molecule has 21 heavy (non-hydrogen) atoms. The summed E-state index contributed by atoms with van der Waals surface area (Å²) in [4.78, 5) is 18.0. The summed E-state index contributed by atoms with van der Waals surface area (Å²) in [6.07, 6.45) is 6.37. The van der Waals surface area contributed by atoms with Crippen LogP contribution in [0.1, 0.15) is 52.4 Å². The third-order valence-corrected chi connectivity index (χ3v) is 5.38. The third kappa shape index (κ3) is 3.78. The molecule has 1 atom stereocenters. The molecule has 0 spiro atoms. The number of piperidine rings is 1. The number of carbonyl (C=O) groups excluding carboxylic acids is 1. The van der Waals surface area contributed by atoms with Crippen molar-refractivity contribution in [3.8, 4) is 0 Å². The molecule has 4 nitrogen and oxygen atoms in total. The molecule has 0 radical (unpaired) electrons. The largest absolute Gasteiger partial charge is 0.338 e. The Kier molecular flexibility index (Phi) is 6.06. The summed E-state index contributed by atoms with van der Waals surface area (Å²) < 4.78 is 0. The first kappa shape index (κ1) is 16.8. The van der Waals surface area contributed by atoms with Crippen LogP contribution in [0.3, 0.4) is 0 Å². The van der Waals surface area contributed by atoms with Gasteiger partial charge in [-0.3, -0.25) is 4.79 Å². The van der Waals surface area contributed by atoms with E-state index in [-0.39, 0.29) is 5.41 Å². The fraction of sp³-hybridized carbons (Fsp3) is 0.941. The third-order valence-electron chi connectivity index (χ3n) is 5.38. The summed E-state index contributed by atoms with van der Waals surface area (Å²) in [7, 11) is 2.18. The highest BCUT2D eigenvalue weighted by Crippen LogP contribution is 2.37. The van der Waals surface area contributed by atoms with Gasteiger partial charge in [0.25, 0.3) is 0 Å². The summed E-state index contributed by atoms with van der Waals surface area (Å²) in [6, 6.07) is 0.397. The van der Waals surface area contributed by atoms with Crippen LogP contribution >= 0.6 is 0 Å². The van der Waals surface area contributed by atoms with Crippen LogP contribution in [0.2, 0.25) is 0 Å². The number of amides is 1. The summed E-state index contributed by atoms with van der Waals surface area (Å²) in [5.74, 6) is 0.452. The van der Waals surface area contributed by atoms with Gasteiger partial charge >= 0.3 is 0 Å². The van der Waals surface area contributed by atoms with E-state index in [4.69, 9.17) is 0 Å². The lowest BCUT2D eigenvalue weighted by molar-refractivity contribution is -0.147. The SMILES string of the molecule is CCCC1(C(=O)N2CCCN(C)CC2CC)CCNCC1. The van der Waals surface area contributed by atoms with E-state index in [0.717, 1.165) is 71.2 Å². The van der Waals surface area contributed by atoms with Crippen molar-refractivity contribution >= 4 is 5.91 Å². The van der Waals surface area contributed by atoms with Gasteiger partial charge in [-0.2, -0.15) is 0 Å². The van der Waals surface area contributed by atoms with Crippen LogP contribution in [-0.2, 0) is 4.79 Å². The number of nitrogens with zero attached hydrogens (tertiary/aromatic N) is 2. The number of rotatable bonds is 4. The molecule has 2 rings (SSSR count). The molecule has 4 heteroatoms. The maximum absolute atomic E-state index is 13.4. The van der Waals surface area contributed by atoms with E-state index in [1.54, 1.807) is 0 Å². The first-order valence-electron chi connectivity index (χ1n) is 8.83. The number of carbonyl (C=O) groups is 1. The van der Waals surface area contributed by atoms with Gasteiger partial charge in [0.1, 0.15) is 0 Å². The molecule has 0 aromatic heterocycles. The zero-order valence-electron chi connectivity index (χ0n) is 14.2. The Bertz CT molecular complexity index is 333. The minimum absolute atomic E-state index is 0.0870. The molecule has 0 aromatic carbocycles. The van der Waals surface area contributed by atoms with E-state index >= 15 is 0 Å².